The van der Waals surface area contributed by atoms with Crippen molar-refractivity contribution in [3.63, 3.8) is 0 Å². The number of methoxy groups -OCH3 is 1. The van der Waals surface area contributed by atoms with Crippen molar-refractivity contribution < 1.29 is 17.9 Å². The Morgan fingerprint density at radius 2 is 1.56 bits per heavy atom. The molecule has 3 aromatic carbocycles. The Balaban J connectivity index is 1.80. The number of benzene rings is 3. The van der Waals surface area contributed by atoms with Gasteiger partial charge in [-0.25, -0.2) is 8.42 Å². The standard InChI is InChI=1S/C26H27NO4S/c1-19-9-15-24(16-10-19)32(28,29)27-18-20(2)31-26(22-11-13-23(30-3)14-12-22)25(27)17-21-7-5-4-6-8-21/h4-16,18,25-26H,17H2,1-3H3/t25-,26+/m0/s1. The molecule has 0 fully saturated rings. The molecule has 0 N–H and O–H groups in total. The van der Waals surface area contributed by atoms with Gasteiger partial charge in [0.05, 0.1) is 24.2 Å². The summed E-state index contributed by atoms with van der Waals surface area (Å²) in [5.41, 5.74) is 2.94. The molecule has 32 heavy (non-hydrogen) atoms. The molecule has 1 aliphatic heterocycles. The van der Waals surface area contributed by atoms with Crippen molar-refractivity contribution in [2.45, 2.75) is 37.3 Å². The van der Waals surface area contributed by atoms with Gasteiger partial charge in [-0.15, -0.1) is 0 Å². The Bertz CT molecular complexity index is 1190. The molecule has 0 spiro atoms. The highest BCUT2D eigenvalue weighted by atomic mass is 32.2. The van der Waals surface area contributed by atoms with Gasteiger partial charge >= 0.3 is 0 Å². The van der Waals surface area contributed by atoms with Crippen LogP contribution in [0.1, 0.15) is 29.7 Å². The Kier molecular flexibility index (Phi) is 6.24. The van der Waals surface area contributed by atoms with E-state index in [-0.39, 0.29) is 4.90 Å². The van der Waals surface area contributed by atoms with Gasteiger partial charge in [-0.2, -0.15) is 0 Å². The van der Waals surface area contributed by atoms with Gasteiger partial charge in [0.15, 0.2) is 0 Å². The van der Waals surface area contributed by atoms with Crippen LogP contribution in [-0.4, -0.2) is 25.9 Å². The van der Waals surface area contributed by atoms with Crippen molar-refractivity contribution in [1.82, 2.24) is 4.31 Å². The molecule has 2 atom stereocenters. The van der Waals surface area contributed by atoms with Crippen LogP contribution in [0.25, 0.3) is 0 Å². The molecule has 166 valence electrons. The molecule has 5 nitrogen and oxygen atoms in total. The van der Waals surface area contributed by atoms with E-state index in [2.05, 4.69) is 0 Å². The van der Waals surface area contributed by atoms with Gasteiger partial charge in [0.1, 0.15) is 17.6 Å². The Hall–Kier alpha value is -3.25. The molecular weight excluding hydrogens is 422 g/mol. The first-order chi connectivity index (χ1) is 15.4. The van der Waals surface area contributed by atoms with Crippen LogP contribution in [0.5, 0.6) is 5.75 Å². The molecule has 0 bridgehead atoms. The van der Waals surface area contributed by atoms with Crippen molar-refractivity contribution in [1.29, 1.82) is 0 Å². The van der Waals surface area contributed by atoms with Gasteiger partial charge in [0, 0.05) is 0 Å². The molecule has 1 aliphatic rings. The summed E-state index contributed by atoms with van der Waals surface area (Å²) in [4.78, 5) is 0.264. The Labute approximate surface area is 190 Å². The topological polar surface area (TPSA) is 55.8 Å². The maximum Gasteiger partial charge on any atom is 0.264 e. The fourth-order valence-corrected chi connectivity index (χ4v) is 5.49. The van der Waals surface area contributed by atoms with E-state index in [0.717, 1.165) is 22.4 Å². The van der Waals surface area contributed by atoms with Crippen LogP contribution in [0, 0.1) is 6.92 Å². The van der Waals surface area contributed by atoms with Gasteiger partial charge in [-0.05, 0) is 55.7 Å². The lowest BCUT2D eigenvalue weighted by Gasteiger charge is -2.40. The molecule has 0 radical (unpaired) electrons. The molecule has 6 heteroatoms. The van der Waals surface area contributed by atoms with Gasteiger partial charge in [-0.3, -0.25) is 4.31 Å². The van der Waals surface area contributed by atoms with Crippen LogP contribution in [0.3, 0.4) is 0 Å². The number of sulfonamides is 1. The average molecular weight is 450 g/mol. The van der Waals surface area contributed by atoms with Gasteiger partial charge in [-0.1, -0.05) is 60.2 Å². The van der Waals surface area contributed by atoms with Crippen LogP contribution in [0.4, 0.5) is 0 Å². The number of hydrogen-bond donors (Lipinski definition) is 0. The first-order valence-electron chi connectivity index (χ1n) is 10.5. The second-order valence-electron chi connectivity index (χ2n) is 7.96. The third-order valence-corrected chi connectivity index (χ3v) is 7.43. The van der Waals surface area contributed by atoms with E-state index >= 15 is 0 Å². The molecule has 0 aromatic heterocycles. The summed E-state index contributed by atoms with van der Waals surface area (Å²) in [7, 11) is -2.16. The smallest absolute Gasteiger partial charge is 0.264 e. The molecule has 0 saturated carbocycles. The number of ether oxygens (including phenoxy) is 2. The highest BCUT2D eigenvalue weighted by Gasteiger charge is 2.39. The summed E-state index contributed by atoms with van der Waals surface area (Å²) in [5, 5.41) is 0. The zero-order valence-corrected chi connectivity index (χ0v) is 19.2. The predicted octanol–water partition coefficient (Wildman–Crippen LogP) is 5.24. The number of nitrogens with zero attached hydrogens (tertiary/aromatic N) is 1. The van der Waals surface area contributed by atoms with Crippen LogP contribution in [0.15, 0.2) is 95.7 Å². The van der Waals surface area contributed by atoms with Crippen LogP contribution < -0.4 is 4.74 Å². The predicted molar refractivity (Wildman–Crippen MR) is 125 cm³/mol. The number of aryl methyl sites for hydroxylation is 1. The quantitative estimate of drug-likeness (QED) is 0.517. The second-order valence-corrected chi connectivity index (χ2v) is 9.80. The van der Waals surface area contributed by atoms with Crippen molar-refractivity contribution in [3.05, 3.63) is 108 Å². The summed E-state index contributed by atoms with van der Waals surface area (Å²) in [5.74, 6) is 1.28. The van der Waals surface area contributed by atoms with E-state index in [1.807, 2.05) is 73.7 Å². The lowest BCUT2D eigenvalue weighted by atomic mass is 9.95. The average Bonchev–Trinajstić information content (AvgIpc) is 2.81. The number of allylic oxidation sites excluding steroid dienone is 1. The first-order valence-corrected chi connectivity index (χ1v) is 12.0. The van der Waals surface area contributed by atoms with Crippen molar-refractivity contribution in [3.8, 4) is 5.75 Å². The maximum absolute atomic E-state index is 13.7. The minimum absolute atomic E-state index is 0.264. The maximum atomic E-state index is 13.7. The molecule has 1 heterocycles. The molecule has 4 rings (SSSR count). The third-order valence-electron chi connectivity index (χ3n) is 5.63. The summed E-state index contributed by atoms with van der Waals surface area (Å²) < 4.78 is 40.4. The summed E-state index contributed by atoms with van der Waals surface area (Å²) >= 11 is 0. The highest BCUT2D eigenvalue weighted by molar-refractivity contribution is 7.89. The largest absolute Gasteiger partial charge is 0.497 e. The van der Waals surface area contributed by atoms with Crippen molar-refractivity contribution in [2.75, 3.05) is 7.11 Å². The van der Waals surface area contributed by atoms with E-state index in [1.165, 1.54) is 4.31 Å². The lowest BCUT2D eigenvalue weighted by Crippen LogP contribution is -2.45. The Morgan fingerprint density at radius 1 is 0.906 bits per heavy atom. The van der Waals surface area contributed by atoms with Crippen molar-refractivity contribution >= 4 is 10.0 Å². The summed E-state index contributed by atoms with van der Waals surface area (Å²) in [6.07, 6.45) is 1.64. The third kappa shape index (κ3) is 4.50. The van der Waals surface area contributed by atoms with Crippen LogP contribution in [0.2, 0.25) is 0 Å². The molecule has 0 aliphatic carbocycles. The molecule has 0 unspecified atom stereocenters. The van der Waals surface area contributed by atoms with E-state index in [0.29, 0.717) is 12.2 Å². The molecule has 0 amide bonds. The summed E-state index contributed by atoms with van der Waals surface area (Å²) in [6.45, 7) is 3.72. The fraction of sp³-hybridized carbons (Fsp3) is 0.231. The van der Waals surface area contributed by atoms with E-state index in [4.69, 9.17) is 9.47 Å². The molecular formula is C26H27NO4S. The summed E-state index contributed by atoms with van der Waals surface area (Å²) in [6, 6.07) is 24.0. The normalized spacial score (nSPS) is 18.6. The van der Waals surface area contributed by atoms with E-state index in [9.17, 15) is 8.42 Å². The highest BCUT2D eigenvalue weighted by Crippen LogP contribution is 2.37. The van der Waals surface area contributed by atoms with Gasteiger partial charge < -0.3 is 9.47 Å². The van der Waals surface area contributed by atoms with E-state index < -0.39 is 22.2 Å². The lowest BCUT2D eigenvalue weighted by molar-refractivity contribution is 0.0383. The molecule has 3 aromatic rings. The SMILES string of the molecule is COc1ccc([C@H]2OC(C)=CN(S(=O)(=O)c3ccc(C)cc3)[C@H]2Cc2ccccc2)cc1. The number of hydrogen-bond acceptors (Lipinski definition) is 4. The van der Waals surface area contributed by atoms with E-state index in [1.54, 1.807) is 32.4 Å². The number of rotatable bonds is 6. The zero-order valence-electron chi connectivity index (χ0n) is 18.4. The van der Waals surface area contributed by atoms with Gasteiger partial charge in [0.25, 0.3) is 10.0 Å². The molecule has 0 saturated heterocycles. The first kappa shape index (κ1) is 22.0. The monoisotopic (exact) mass is 449 g/mol. The second kappa shape index (κ2) is 9.09. The van der Waals surface area contributed by atoms with Crippen LogP contribution >= 0.6 is 0 Å². The zero-order chi connectivity index (χ0) is 22.7. The van der Waals surface area contributed by atoms with Crippen LogP contribution in [-0.2, 0) is 21.2 Å². The fourth-order valence-electron chi connectivity index (χ4n) is 3.93. The Morgan fingerprint density at radius 3 is 2.19 bits per heavy atom. The van der Waals surface area contributed by atoms with Gasteiger partial charge in [0.2, 0.25) is 0 Å². The minimum Gasteiger partial charge on any atom is -0.497 e. The minimum atomic E-state index is -3.78. The van der Waals surface area contributed by atoms with Crippen molar-refractivity contribution in [2.24, 2.45) is 0 Å².